The fraction of sp³-hybridized carbons (Fsp3) is 0.167. The normalized spacial score (nSPS) is 10.4. The minimum Gasteiger partial charge on any atom is -0.497 e. The van der Waals surface area contributed by atoms with Crippen LogP contribution in [0, 0.1) is 22.0 Å². The number of nitrogens with zero attached hydrogens (tertiary/aromatic N) is 4. The molecule has 6 heteroatoms. The Morgan fingerprint density at radius 1 is 1.21 bits per heavy atom. The number of ether oxygens (including phenoxy) is 1. The summed E-state index contributed by atoms with van der Waals surface area (Å²) in [5.41, 5.74) is 4.85. The monoisotopic (exact) mass is 430 g/mol. The van der Waals surface area contributed by atoms with Crippen LogP contribution < -0.4 is 4.74 Å². The van der Waals surface area contributed by atoms with E-state index in [0.717, 1.165) is 37.4 Å². The number of aromatic nitrogens is 3. The molecule has 1 aromatic carbocycles. The SMILES string of the molecule is COc1cc(C)cc(-c2c(-c3ccc(I)nc3)cnn2CC#N)c1. The molecule has 2 heterocycles. The van der Waals surface area contributed by atoms with Crippen LogP contribution >= 0.6 is 22.6 Å². The van der Waals surface area contributed by atoms with Gasteiger partial charge in [-0.1, -0.05) is 6.07 Å². The van der Waals surface area contributed by atoms with Crippen molar-refractivity contribution >= 4 is 22.6 Å². The maximum atomic E-state index is 9.11. The first-order chi connectivity index (χ1) is 11.6. The van der Waals surface area contributed by atoms with E-state index in [1.807, 2.05) is 37.4 Å². The van der Waals surface area contributed by atoms with Crippen molar-refractivity contribution in [3.8, 4) is 34.2 Å². The Kier molecular flexibility index (Phi) is 4.81. The number of rotatable bonds is 4. The molecule has 0 amide bonds. The molecule has 0 saturated carbocycles. The van der Waals surface area contributed by atoms with Gasteiger partial charge in [0, 0.05) is 22.9 Å². The molecular formula is C18H15IN4O. The molecule has 5 nitrogen and oxygen atoms in total. The van der Waals surface area contributed by atoms with E-state index in [9.17, 15) is 0 Å². The van der Waals surface area contributed by atoms with Crippen LogP contribution in [0.5, 0.6) is 5.75 Å². The molecule has 0 aliphatic rings. The molecule has 0 bridgehead atoms. The molecule has 0 spiro atoms. The van der Waals surface area contributed by atoms with Gasteiger partial charge < -0.3 is 4.74 Å². The second-order valence-corrected chi connectivity index (χ2v) is 6.44. The fourth-order valence-electron chi connectivity index (χ4n) is 2.63. The lowest BCUT2D eigenvalue weighted by atomic mass is 10.0. The molecule has 3 aromatic rings. The third-order valence-electron chi connectivity index (χ3n) is 3.66. The van der Waals surface area contributed by atoms with Crippen LogP contribution in [-0.2, 0) is 6.54 Å². The van der Waals surface area contributed by atoms with E-state index in [1.165, 1.54) is 0 Å². The number of nitriles is 1. The average molecular weight is 430 g/mol. The van der Waals surface area contributed by atoms with Crippen LogP contribution in [-0.4, -0.2) is 21.9 Å². The molecule has 0 radical (unpaired) electrons. The van der Waals surface area contributed by atoms with Gasteiger partial charge in [-0.3, -0.25) is 4.68 Å². The Labute approximate surface area is 154 Å². The molecule has 0 saturated heterocycles. The van der Waals surface area contributed by atoms with Crippen molar-refractivity contribution in [1.82, 2.24) is 14.8 Å². The molecule has 0 N–H and O–H groups in total. The van der Waals surface area contributed by atoms with Crippen LogP contribution in [0.25, 0.3) is 22.4 Å². The van der Waals surface area contributed by atoms with Crippen LogP contribution in [0.2, 0.25) is 0 Å². The molecule has 0 unspecified atom stereocenters. The van der Waals surface area contributed by atoms with Crippen molar-refractivity contribution in [3.63, 3.8) is 0 Å². The second kappa shape index (κ2) is 7.01. The molecule has 120 valence electrons. The number of benzene rings is 1. The minimum absolute atomic E-state index is 0.184. The highest BCUT2D eigenvalue weighted by atomic mass is 127. The average Bonchev–Trinajstić information content (AvgIpc) is 2.99. The number of halogens is 1. The van der Waals surface area contributed by atoms with Crippen molar-refractivity contribution in [1.29, 1.82) is 5.26 Å². The maximum absolute atomic E-state index is 9.11. The second-order valence-electron chi connectivity index (χ2n) is 5.33. The zero-order chi connectivity index (χ0) is 17.1. The summed E-state index contributed by atoms with van der Waals surface area (Å²) < 4.78 is 8.03. The summed E-state index contributed by atoms with van der Waals surface area (Å²) in [6.45, 7) is 2.20. The zero-order valence-corrected chi connectivity index (χ0v) is 15.5. The van der Waals surface area contributed by atoms with Crippen LogP contribution in [0.3, 0.4) is 0 Å². The lowest BCUT2D eigenvalue weighted by Gasteiger charge is -2.11. The maximum Gasteiger partial charge on any atom is 0.128 e. The van der Waals surface area contributed by atoms with Gasteiger partial charge in [-0.05, 0) is 59.3 Å². The molecule has 0 aliphatic heterocycles. The molecule has 0 atom stereocenters. The Morgan fingerprint density at radius 3 is 2.71 bits per heavy atom. The number of pyridine rings is 1. The van der Waals surface area contributed by atoms with E-state index in [4.69, 9.17) is 10.00 Å². The highest BCUT2D eigenvalue weighted by Gasteiger charge is 2.16. The minimum atomic E-state index is 0.184. The van der Waals surface area contributed by atoms with Crippen molar-refractivity contribution in [2.45, 2.75) is 13.5 Å². The standard InChI is InChI=1S/C18H15IN4O/c1-12-7-14(9-15(8-12)24-2)18-16(11-22-23(18)6-5-20)13-3-4-17(19)21-10-13/h3-4,7-11H,6H2,1-2H3. The molecule has 0 fully saturated rings. The molecular weight excluding hydrogens is 415 g/mol. The first-order valence-electron chi connectivity index (χ1n) is 7.33. The highest BCUT2D eigenvalue weighted by Crippen LogP contribution is 2.34. The van der Waals surface area contributed by atoms with Gasteiger partial charge >= 0.3 is 0 Å². The third-order valence-corrected chi connectivity index (χ3v) is 4.30. The van der Waals surface area contributed by atoms with Crippen LogP contribution in [0.15, 0.2) is 42.7 Å². The van der Waals surface area contributed by atoms with Gasteiger partial charge in [0.2, 0.25) is 0 Å². The quantitative estimate of drug-likeness (QED) is 0.463. The van der Waals surface area contributed by atoms with Crippen molar-refractivity contribution < 1.29 is 4.74 Å². The smallest absolute Gasteiger partial charge is 0.128 e. The summed E-state index contributed by atoms with van der Waals surface area (Å²) in [6.07, 6.45) is 3.61. The molecule has 0 aliphatic carbocycles. The van der Waals surface area contributed by atoms with Gasteiger partial charge in [-0.25, -0.2) is 4.98 Å². The first kappa shape index (κ1) is 16.5. The molecule has 24 heavy (non-hydrogen) atoms. The van der Waals surface area contributed by atoms with Gasteiger partial charge in [0.05, 0.1) is 25.1 Å². The number of hydrogen-bond acceptors (Lipinski definition) is 4. The number of methoxy groups -OCH3 is 1. The summed E-state index contributed by atoms with van der Waals surface area (Å²) in [7, 11) is 1.65. The summed E-state index contributed by atoms with van der Waals surface area (Å²) in [5.74, 6) is 0.779. The predicted molar refractivity (Wildman–Crippen MR) is 101 cm³/mol. The topological polar surface area (TPSA) is 63.7 Å². The Balaban J connectivity index is 2.21. The van der Waals surface area contributed by atoms with Crippen LogP contribution in [0.4, 0.5) is 0 Å². The number of hydrogen-bond donors (Lipinski definition) is 0. The van der Waals surface area contributed by atoms with E-state index in [1.54, 1.807) is 18.0 Å². The van der Waals surface area contributed by atoms with E-state index in [-0.39, 0.29) is 6.54 Å². The van der Waals surface area contributed by atoms with Crippen LogP contribution in [0.1, 0.15) is 5.56 Å². The fourth-order valence-corrected chi connectivity index (χ4v) is 2.94. The summed E-state index contributed by atoms with van der Waals surface area (Å²) in [5, 5.41) is 13.5. The van der Waals surface area contributed by atoms with Crippen molar-refractivity contribution in [3.05, 3.63) is 52.0 Å². The molecule has 2 aromatic heterocycles. The van der Waals surface area contributed by atoms with E-state index < -0.39 is 0 Å². The Bertz CT molecular complexity index is 910. The van der Waals surface area contributed by atoms with E-state index in [0.29, 0.717) is 0 Å². The summed E-state index contributed by atoms with van der Waals surface area (Å²) in [6, 6.07) is 12.1. The van der Waals surface area contributed by atoms with E-state index in [2.05, 4.69) is 44.8 Å². The lowest BCUT2D eigenvalue weighted by molar-refractivity contribution is 0.414. The highest BCUT2D eigenvalue weighted by molar-refractivity contribution is 14.1. The van der Waals surface area contributed by atoms with Gasteiger partial charge in [0.25, 0.3) is 0 Å². The largest absolute Gasteiger partial charge is 0.497 e. The van der Waals surface area contributed by atoms with Gasteiger partial charge in [0.1, 0.15) is 16.0 Å². The van der Waals surface area contributed by atoms with Crippen molar-refractivity contribution in [2.75, 3.05) is 7.11 Å². The summed E-state index contributed by atoms with van der Waals surface area (Å²) in [4.78, 5) is 4.36. The Morgan fingerprint density at radius 2 is 2.04 bits per heavy atom. The predicted octanol–water partition coefficient (Wildman–Crippen LogP) is 4.06. The van der Waals surface area contributed by atoms with Gasteiger partial charge in [-0.15, -0.1) is 0 Å². The van der Waals surface area contributed by atoms with E-state index >= 15 is 0 Å². The third kappa shape index (κ3) is 3.26. The van der Waals surface area contributed by atoms with Gasteiger partial charge in [0.15, 0.2) is 0 Å². The van der Waals surface area contributed by atoms with Gasteiger partial charge in [-0.2, -0.15) is 10.4 Å². The van der Waals surface area contributed by atoms with Crippen molar-refractivity contribution in [2.24, 2.45) is 0 Å². The Hall–Kier alpha value is -2.40. The number of aryl methyl sites for hydroxylation is 1. The first-order valence-corrected chi connectivity index (χ1v) is 8.41. The zero-order valence-electron chi connectivity index (χ0n) is 13.3. The summed E-state index contributed by atoms with van der Waals surface area (Å²) >= 11 is 2.18. The lowest BCUT2D eigenvalue weighted by Crippen LogP contribution is -2.01. The molecule has 3 rings (SSSR count).